The largest absolute Gasteiger partial charge is 0.358 e. The van der Waals surface area contributed by atoms with E-state index in [1.165, 1.54) is 0 Å². The fraction of sp³-hybridized carbons (Fsp3) is 0. The smallest absolute Gasteiger partial charge is 0.212 e. The molecular weight excluding hydrogens is 154 g/mol. The summed E-state index contributed by atoms with van der Waals surface area (Å²) in [5.74, 6) is 0.563. The van der Waals surface area contributed by atoms with Crippen LogP contribution in [0, 0.1) is 0 Å². The number of rotatable bonds is 2. The summed E-state index contributed by atoms with van der Waals surface area (Å²) in [4.78, 5) is 17.2. The Balaban J connectivity index is 2.65. The topological polar surface area (TPSA) is 57.8 Å². The van der Waals surface area contributed by atoms with Crippen molar-refractivity contribution in [1.29, 1.82) is 0 Å². The van der Waals surface area contributed by atoms with Gasteiger partial charge < -0.3 is 10.3 Å². The Morgan fingerprint density at radius 3 is 3.25 bits per heavy atom. The summed E-state index contributed by atoms with van der Waals surface area (Å²) >= 11 is 0. The molecule has 2 N–H and O–H groups in total. The average molecular weight is 161 g/mol. The van der Waals surface area contributed by atoms with Crippen LogP contribution in [0.1, 0.15) is 0 Å². The van der Waals surface area contributed by atoms with E-state index in [2.05, 4.69) is 15.3 Å². The first-order valence-electron chi connectivity index (χ1n) is 3.54. The van der Waals surface area contributed by atoms with Crippen molar-refractivity contribution in [2.24, 2.45) is 0 Å². The van der Waals surface area contributed by atoms with Gasteiger partial charge in [0.15, 0.2) is 5.82 Å². The van der Waals surface area contributed by atoms with Crippen LogP contribution in [0.15, 0.2) is 24.5 Å². The number of pyridine rings is 1. The number of carbonyl (C=O) groups excluding carboxylic acids is 1. The lowest BCUT2D eigenvalue weighted by Gasteiger charge is -1.97. The zero-order valence-electron chi connectivity index (χ0n) is 6.24. The number of carbonyl (C=O) groups is 1. The molecule has 0 aliphatic rings. The van der Waals surface area contributed by atoms with Gasteiger partial charge in [-0.25, -0.2) is 4.98 Å². The van der Waals surface area contributed by atoms with Gasteiger partial charge in [0.1, 0.15) is 0 Å². The molecule has 0 aliphatic carbocycles. The summed E-state index contributed by atoms with van der Waals surface area (Å²) in [5.41, 5.74) is 0.851. The first-order valence-corrected chi connectivity index (χ1v) is 3.54. The fourth-order valence-electron chi connectivity index (χ4n) is 1.15. The van der Waals surface area contributed by atoms with Crippen molar-refractivity contribution in [2.45, 2.75) is 0 Å². The second-order valence-corrected chi connectivity index (χ2v) is 2.36. The highest BCUT2D eigenvalue weighted by molar-refractivity contribution is 5.92. The SMILES string of the molecule is O=CNc1nccc2cc[nH]c12. The lowest BCUT2D eigenvalue weighted by molar-refractivity contribution is -0.105. The molecule has 4 nitrogen and oxygen atoms in total. The highest BCUT2D eigenvalue weighted by Gasteiger charge is 2.00. The van der Waals surface area contributed by atoms with Gasteiger partial charge in [-0.05, 0) is 12.1 Å². The molecule has 0 saturated heterocycles. The normalized spacial score (nSPS) is 10.0. The van der Waals surface area contributed by atoms with Crippen LogP contribution < -0.4 is 5.32 Å². The number of hydrogen-bond donors (Lipinski definition) is 2. The molecule has 60 valence electrons. The number of fused-ring (bicyclic) bond motifs is 1. The van der Waals surface area contributed by atoms with E-state index in [0.717, 1.165) is 10.9 Å². The molecule has 0 aliphatic heterocycles. The number of hydrogen-bond acceptors (Lipinski definition) is 2. The number of nitrogens with zero attached hydrogens (tertiary/aromatic N) is 1. The monoisotopic (exact) mass is 161 g/mol. The number of H-pyrrole nitrogens is 1. The molecule has 1 amide bonds. The average Bonchev–Trinajstić information content (AvgIpc) is 2.53. The van der Waals surface area contributed by atoms with Crippen molar-refractivity contribution in [1.82, 2.24) is 9.97 Å². The first kappa shape index (κ1) is 6.84. The maximum Gasteiger partial charge on any atom is 0.212 e. The van der Waals surface area contributed by atoms with Crippen molar-refractivity contribution in [3.63, 3.8) is 0 Å². The molecule has 0 aromatic carbocycles. The summed E-state index contributed by atoms with van der Waals surface area (Å²) in [6, 6.07) is 3.80. The molecule has 2 aromatic rings. The number of anilines is 1. The van der Waals surface area contributed by atoms with E-state index in [0.29, 0.717) is 12.2 Å². The van der Waals surface area contributed by atoms with Gasteiger partial charge in [-0.2, -0.15) is 0 Å². The van der Waals surface area contributed by atoms with Crippen LogP contribution in [-0.2, 0) is 4.79 Å². The number of nitrogens with one attached hydrogen (secondary N) is 2. The van der Waals surface area contributed by atoms with Crippen molar-refractivity contribution in [3.05, 3.63) is 24.5 Å². The second-order valence-electron chi connectivity index (χ2n) is 2.36. The molecule has 12 heavy (non-hydrogen) atoms. The van der Waals surface area contributed by atoms with Crippen molar-refractivity contribution in [2.75, 3.05) is 5.32 Å². The quantitative estimate of drug-likeness (QED) is 0.648. The molecule has 2 rings (SSSR count). The van der Waals surface area contributed by atoms with Crippen LogP contribution in [0.25, 0.3) is 10.9 Å². The molecule has 0 unspecified atom stereocenters. The minimum atomic E-state index is 0.563. The summed E-state index contributed by atoms with van der Waals surface area (Å²) in [5, 5.41) is 3.55. The molecule has 0 fully saturated rings. The van der Waals surface area contributed by atoms with E-state index < -0.39 is 0 Å². The van der Waals surface area contributed by atoms with Crippen LogP contribution in [0.5, 0.6) is 0 Å². The molecule has 0 atom stereocenters. The van der Waals surface area contributed by atoms with Crippen LogP contribution >= 0.6 is 0 Å². The van der Waals surface area contributed by atoms with E-state index in [4.69, 9.17) is 0 Å². The third-order valence-electron chi connectivity index (χ3n) is 1.67. The van der Waals surface area contributed by atoms with Crippen molar-refractivity contribution < 1.29 is 4.79 Å². The van der Waals surface area contributed by atoms with E-state index in [1.807, 2.05) is 18.3 Å². The van der Waals surface area contributed by atoms with Gasteiger partial charge in [0.2, 0.25) is 6.41 Å². The zero-order chi connectivity index (χ0) is 8.39. The van der Waals surface area contributed by atoms with Crippen LogP contribution in [0.2, 0.25) is 0 Å². The molecule has 0 bridgehead atoms. The summed E-state index contributed by atoms with van der Waals surface area (Å²) in [6.07, 6.45) is 4.08. The van der Waals surface area contributed by atoms with Gasteiger partial charge in [-0.15, -0.1) is 0 Å². The number of aromatic amines is 1. The lowest BCUT2D eigenvalue weighted by Crippen LogP contribution is -1.96. The highest BCUT2D eigenvalue weighted by Crippen LogP contribution is 2.17. The van der Waals surface area contributed by atoms with E-state index in [1.54, 1.807) is 6.20 Å². The minimum absolute atomic E-state index is 0.563. The standard InChI is InChI=1S/C8H7N3O/c12-5-11-8-7-6(1-3-9-7)2-4-10-8/h1-5,9H,(H,10,11,12). The predicted octanol–water partition coefficient (Wildman–Crippen LogP) is 1.13. The molecule has 0 spiro atoms. The third-order valence-corrected chi connectivity index (χ3v) is 1.67. The third kappa shape index (κ3) is 0.934. The first-order chi connectivity index (χ1) is 5.92. The van der Waals surface area contributed by atoms with E-state index in [-0.39, 0.29) is 0 Å². The van der Waals surface area contributed by atoms with Gasteiger partial charge in [0.25, 0.3) is 0 Å². The van der Waals surface area contributed by atoms with Crippen molar-refractivity contribution in [3.8, 4) is 0 Å². The summed E-state index contributed by atoms with van der Waals surface area (Å²) in [7, 11) is 0. The Labute approximate surface area is 68.6 Å². The second kappa shape index (κ2) is 2.65. The Bertz CT molecular complexity index is 407. The Morgan fingerprint density at radius 2 is 2.42 bits per heavy atom. The van der Waals surface area contributed by atoms with Crippen LogP contribution in [0.3, 0.4) is 0 Å². The van der Waals surface area contributed by atoms with Crippen LogP contribution in [0.4, 0.5) is 5.82 Å². The van der Waals surface area contributed by atoms with Gasteiger partial charge in [0, 0.05) is 17.8 Å². The Hall–Kier alpha value is -1.84. The maximum atomic E-state index is 10.2. The van der Waals surface area contributed by atoms with Crippen LogP contribution in [-0.4, -0.2) is 16.4 Å². The minimum Gasteiger partial charge on any atom is -0.358 e. The van der Waals surface area contributed by atoms with Gasteiger partial charge in [-0.3, -0.25) is 4.79 Å². The number of aromatic nitrogens is 2. The lowest BCUT2D eigenvalue weighted by atomic mass is 10.3. The summed E-state index contributed by atoms with van der Waals surface area (Å²) in [6.45, 7) is 0. The Kier molecular flexibility index (Phi) is 1.51. The highest BCUT2D eigenvalue weighted by atomic mass is 16.1. The summed E-state index contributed by atoms with van der Waals surface area (Å²) < 4.78 is 0. The predicted molar refractivity (Wildman–Crippen MR) is 45.8 cm³/mol. The molecule has 0 saturated carbocycles. The molecule has 0 radical (unpaired) electrons. The Morgan fingerprint density at radius 1 is 1.50 bits per heavy atom. The van der Waals surface area contributed by atoms with Gasteiger partial charge in [0.05, 0.1) is 5.52 Å². The number of amides is 1. The fourth-order valence-corrected chi connectivity index (χ4v) is 1.15. The van der Waals surface area contributed by atoms with Gasteiger partial charge >= 0.3 is 0 Å². The zero-order valence-corrected chi connectivity index (χ0v) is 6.24. The van der Waals surface area contributed by atoms with Gasteiger partial charge in [-0.1, -0.05) is 0 Å². The van der Waals surface area contributed by atoms with E-state index in [9.17, 15) is 4.79 Å². The van der Waals surface area contributed by atoms with E-state index >= 15 is 0 Å². The molecule has 2 heterocycles. The maximum absolute atomic E-state index is 10.2. The molecule has 2 aromatic heterocycles. The van der Waals surface area contributed by atoms with Crippen molar-refractivity contribution >= 4 is 23.1 Å². The molecule has 4 heteroatoms. The molecular formula is C8H7N3O.